The Hall–Kier alpha value is -1.75. The molecular formula is C15H22N2O3. The summed E-state index contributed by atoms with van der Waals surface area (Å²) in [6.45, 7) is 6.77. The van der Waals surface area contributed by atoms with Gasteiger partial charge < -0.3 is 20.1 Å². The lowest BCUT2D eigenvalue weighted by Crippen LogP contribution is -2.62. The standard InChI is InChI=1S/C15H22N2O3/c1-10(18)13-11(6-5-7-12(13)20-4)17-9-8-16-14(19)15(17,2)3/h5-7,10,18H,8-9H2,1-4H3,(H,16,19). The second-order valence-electron chi connectivity index (χ2n) is 5.54. The summed E-state index contributed by atoms with van der Waals surface area (Å²) in [5, 5.41) is 13.0. The summed E-state index contributed by atoms with van der Waals surface area (Å²) in [6.07, 6.45) is -0.665. The van der Waals surface area contributed by atoms with Gasteiger partial charge in [-0.15, -0.1) is 0 Å². The molecule has 0 aliphatic carbocycles. The van der Waals surface area contributed by atoms with Crippen molar-refractivity contribution in [1.82, 2.24) is 5.32 Å². The van der Waals surface area contributed by atoms with E-state index in [1.807, 2.05) is 36.9 Å². The Kier molecular flexibility index (Phi) is 3.90. The van der Waals surface area contributed by atoms with E-state index in [0.29, 0.717) is 18.8 Å². The van der Waals surface area contributed by atoms with E-state index < -0.39 is 11.6 Å². The van der Waals surface area contributed by atoms with Crippen molar-refractivity contribution in [2.24, 2.45) is 0 Å². The highest BCUT2D eigenvalue weighted by molar-refractivity contribution is 5.90. The molecule has 2 rings (SSSR count). The molecule has 1 unspecified atom stereocenters. The van der Waals surface area contributed by atoms with Gasteiger partial charge in [-0.1, -0.05) is 6.07 Å². The minimum absolute atomic E-state index is 0.0110. The van der Waals surface area contributed by atoms with Gasteiger partial charge in [-0.2, -0.15) is 0 Å². The third-order valence-electron chi connectivity index (χ3n) is 3.82. The quantitative estimate of drug-likeness (QED) is 0.879. The Morgan fingerprint density at radius 1 is 1.45 bits per heavy atom. The molecule has 1 fully saturated rings. The van der Waals surface area contributed by atoms with E-state index in [1.165, 1.54) is 0 Å². The van der Waals surface area contributed by atoms with Crippen LogP contribution in [0.3, 0.4) is 0 Å². The minimum Gasteiger partial charge on any atom is -0.496 e. The van der Waals surface area contributed by atoms with E-state index in [4.69, 9.17) is 4.74 Å². The van der Waals surface area contributed by atoms with Gasteiger partial charge in [0, 0.05) is 24.3 Å². The van der Waals surface area contributed by atoms with Crippen LogP contribution in [0.5, 0.6) is 5.75 Å². The highest BCUT2D eigenvalue weighted by Crippen LogP contribution is 2.37. The fraction of sp³-hybridized carbons (Fsp3) is 0.533. The van der Waals surface area contributed by atoms with Gasteiger partial charge in [0.25, 0.3) is 0 Å². The number of piperazine rings is 1. The number of benzene rings is 1. The molecule has 5 heteroatoms. The van der Waals surface area contributed by atoms with Crippen LogP contribution in [0.1, 0.15) is 32.4 Å². The molecule has 1 amide bonds. The number of amides is 1. The Balaban J connectivity index is 2.54. The first-order valence-electron chi connectivity index (χ1n) is 6.80. The van der Waals surface area contributed by atoms with Crippen LogP contribution in [0, 0.1) is 0 Å². The number of methoxy groups -OCH3 is 1. The zero-order valence-electron chi connectivity index (χ0n) is 12.4. The maximum absolute atomic E-state index is 12.1. The second-order valence-corrected chi connectivity index (χ2v) is 5.54. The van der Waals surface area contributed by atoms with Crippen molar-refractivity contribution >= 4 is 11.6 Å². The van der Waals surface area contributed by atoms with E-state index >= 15 is 0 Å². The molecule has 0 spiro atoms. The van der Waals surface area contributed by atoms with E-state index in [2.05, 4.69) is 5.32 Å². The number of aliphatic hydroxyl groups excluding tert-OH is 1. The van der Waals surface area contributed by atoms with Crippen LogP contribution in [0.4, 0.5) is 5.69 Å². The number of carbonyl (C=O) groups is 1. The summed E-state index contributed by atoms with van der Waals surface area (Å²) in [7, 11) is 1.58. The summed E-state index contributed by atoms with van der Waals surface area (Å²) in [6, 6.07) is 5.62. The van der Waals surface area contributed by atoms with Crippen molar-refractivity contribution in [2.45, 2.75) is 32.4 Å². The Morgan fingerprint density at radius 3 is 2.75 bits per heavy atom. The molecule has 20 heavy (non-hydrogen) atoms. The molecule has 0 bridgehead atoms. The molecule has 0 saturated carbocycles. The van der Waals surface area contributed by atoms with Crippen LogP contribution in [-0.2, 0) is 4.79 Å². The third kappa shape index (κ3) is 2.33. The number of ether oxygens (including phenoxy) is 1. The molecule has 1 aliphatic heterocycles. The summed E-state index contributed by atoms with van der Waals surface area (Å²) in [5.74, 6) is 0.627. The van der Waals surface area contributed by atoms with Gasteiger partial charge in [0.05, 0.1) is 13.2 Å². The van der Waals surface area contributed by atoms with Gasteiger partial charge in [-0.3, -0.25) is 4.79 Å². The number of nitrogens with zero attached hydrogens (tertiary/aromatic N) is 1. The van der Waals surface area contributed by atoms with E-state index in [1.54, 1.807) is 14.0 Å². The van der Waals surface area contributed by atoms with E-state index in [0.717, 1.165) is 11.3 Å². The van der Waals surface area contributed by atoms with Crippen LogP contribution in [-0.4, -0.2) is 36.8 Å². The van der Waals surface area contributed by atoms with Crippen molar-refractivity contribution in [1.29, 1.82) is 0 Å². The first-order chi connectivity index (χ1) is 9.39. The molecular weight excluding hydrogens is 256 g/mol. The van der Waals surface area contributed by atoms with Gasteiger partial charge >= 0.3 is 0 Å². The fourth-order valence-electron chi connectivity index (χ4n) is 2.69. The molecule has 1 saturated heterocycles. The number of nitrogens with one attached hydrogen (secondary N) is 1. The largest absolute Gasteiger partial charge is 0.496 e. The van der Waals surface area contributed by atoms with Gasteiger partial charge in [0.2, 0.25) is 5.91 Å². The maximum Gasteiger partial charge on any atom is 0.245 e. The topological polar surface area (TPSA) is 61.8 Å². The molecule has 1 heterocycles. The first kappa shape index (κ1) is 14.7. The normalized spacial score (nSPS) is 19.4. The summed E-state index contributed by atoms with van der Waals surface area (Å²) in [5.41, 5.74) is 0.908. The van der Waals surface area contributed by atoms with Gasteiger partial charge in [0.15, 0.2) is 0 Å². The smallest absolute Gasteiger partial charge is 0.245 e. The SMILES string of the molecule is COc1cccc(N2CCNC(=O)C2(C)C)c1C(C)O. The molecule has 110 valence electrons. The molecule has 1 aliphatic rings. The van der Waals surface area contributed by atoms with Crippen LogP contribution >= 0.6 is 0 Å². The predicted molar refractivity (Wildman–Crippen MR) is 78.1 cm³/mol. The zero-order chi connectivity index (χ0) is 14.9. The fourth-order valence-corrected chi connectivity index (χ4v) is 2.69. The number of hydrogen-bond acceptors (Lipinski definition) is 4. The molecule has 1 aromatic rings. The number of carbonyl (C=O) groups excluding carboxylic acids is 1. The van der Waals surface area contributed by atoms with Crippen LogP contribution in [0.15, 0.2) is 18.2 Å². The van der Waals surface area contributed by atoms with Crippen LogP contribution < -0.4 is 15.0 Å². The summed E-state index contributed by atoms with van der Waals surface area (Å²) >= 11 is 0. The number of rotatable bonds is 3. The minimum atomic E-state index is -0.665. The monoisotopic (exact) mass is 278 g/mol. The van der Waals surface area contributed by atoms with Crippen molar-refractivity contribution in [3.63, 3.8) is 0 Å². The average Bonchev–Trinajstić information content (AvgIpc) is 2.40. The molecule has 0 radical (unpaired) electrons. The highest BCUT2D eigenvalue weighted by Gasteiger charge is 2.39. The second kappa shape index (κ2) is 5.32. The molecule has 2 N–H and O–H groups in total. The Morgan fingerprint density at radius 2 is 2.15 bits per heavy atom. The summed E-state index contributed by atoms with van der Waals surface area (Å²) in [4.78, 5) is 14.1. The highest BCUT2D eigenvalue weighted by atomic mass is 16.5. The maximum atomic E-state index is 12.1. The molecule has 1 aromatic carbocycles. The Labute approximate surface area is 119 Å². The molecule has 0 aromatic heterocycles. The average molecular weight is 278 g/mol. The molecule has 5 nitrogen and oxygen atoms in total. The van der Waals surface area contributed by atoms with Gasteiger partial charge in [-0.25, -0.2) is 0 Å². The lowest BCUT2D eigenvalue weighted by molar-refractivity contribution is -0.126. The lowest BCUT2D eigenvalue weighted by Gasteiger charge is -2.44. The predicted octanol–water partition coefficient (Wildman–Crippen LogP) is 1.46. The van der Waals surface area contributed by atoms with Crippen LogP contribution in [0.25, 0.3) is 0 Å². The van der Waals surface area contributed by atoms with Crippen molar-refractivity contribution < 1.29 is 14.6 Å². The number of hydrogen-bond donors (Lipinski definition) is 2. The van der Waals surface area contributed by atoms with Gasteiger partial charge in [-0.05, 0) is 32.9 Å². The summed E-state index contributed by atoms with van der Waals surface area (Å²) < 4.78 is 5.35. The Bertz CT molecular complexity index is 512. The first-order valence-corrected chi connectivity index (χ1v) is 6.80. The van der Waals surface area contributed by atoms with Crippen molar-refractivity contribution in [3.05, 3.63) is 23.8 Å². The third-order valence-corrected chi connectivity index (χ3v) is 3.82. The van der Waals surface area contributed by atoms with Crippen LogP contribution in [0.2, 0.25) is 0 Å². The van der Waals surface area contributed by atoms with Gasteiger partial charge in [0.1, 0.15) is 11.3 Å². The number of aliphatic hydroxyl groups is 1. The molecule has 1 atom stereocenters. The van der Waals surface area contributed by atoms with Crippen molar-refractivity contribution in [3.8, 4) is 5.75 Å². The van der Waals surface area contributed by atoms with E-state index in [9.17, 15) is 9.90 Å². The zero-order valence-corrected chi connectivity index (χ0v) is 12.4. The van der Waals surface area contributed by atoms with E-state index in [-0.39, 0.29) is 5.91 Å². The lowest BCUT2D eigenvalue weighted by atomic mass is 9.95. The number of anilines is 1. The van der Waals surface area contributed by atoms with Crippen molar-refractivity contribution in [2.75, 3.05) is 25.1 Å².